The summed E-state index contributed by atoms with van der Waals surface area (Å²) < 4.78 is 0. The van der Waals surface area contributed by atoms with Crippen LogP contribution in [0.3, 0.4) is 0 Å². The highest BCUT2D eigenvalue weighted by molar-refractivity contribution is 6.30. The van der Waals surface area contributed by atoms with Gasteiger partial charge in [-0.25, -0.2) is 4.79 Å². The molecule has 0 amide bonds. The van der Waals surface area contributed by atoms with Crippen molar-refractivity contribution in [3.8, 4) is 0 Å². The second-order valence-electron chi connectivity index (χ2n) is 7.25. The van der Waals surface area contributed by atoms with Gasteiger partial charge in [0, 0.05) is 17.9 Å². The molecule has 2 fully saturated rings. The van der Waals surface area contributed by atoms with Crippen LogP contribution in [0.5, 0.6) is 0 Å². The van der Waals surface area contributed by atoms with E-state index in [0.717, 1.165) is 12.0 Å². The van der Waals surface area contributed by atoms with Gasteiger partial charge in [0.25, 0.3) is 0 Å². The van der Waals surface area contributed by atoms with E-state index in [1.807, 2.05) is 26.0 Å². The summed E-state index contributed by atoms with van der Waals surface area (Å²) in [6.07, 6.45) is 2.20. The molecular weight excluding hydrogens is 328 g/mol. The molecule has 1 aromatic carbocycles. The van der Waals surface area contributed by atoms with Crippen LogP contribution in [0.2, 0.25) is 5.02 Å². The number of rotatable bonds is 4. The van der Waals surface area contributed by atoms with E-state index in [2.05, 4.69) is 5.16 Å². The molecule has 3 rings (SSSR count). The number of nitrogens with two attached hydrogens (primary N) is 1. The van der Waals surface area contributed by atoms with Crippen LogP contribution in [0.1, 0.15) is 38.7 Å². The third-order valence-electron chi connectivity index (χ3n) is 5.79. The van der Waals surface area contributed by atoms with E-state index in [-0.39, 0.29) is 23.0 Å². The van der Waals surface area contributed by atoms with Crippen LogP contribution in [-0.2, 0) is 20.8 Å². The summed E-state index contributed by atoms with van der Waals surface area (Å²) >= 11 is 5.84. The average Bonchev–Trinajstić information content (AvgIpc) is 2.90. The third-order valence-corrected chi connectivity index (χ3v) is 6.04. The molecule has 2 aliphatic carbocycles. The first-order valence-corrected chi connectivity index (χ1v) is 8.46. The Hall–Kier alpha value is -1.88. The molecule has 0 spiro atoms. The zero-order valence-corrected chi connectivity index (χ0v) is 14.6. The van der Waals surface area contributed by atoms with E-state index < -0.39 is 11.4 Å². The van der Waals surface area contributed by atoms with Gasteiger partial charge >= 0.3 is 5.97 Å². The van der Waals surface area contributed by atoms with Crippen LogP contribution in [-0.4, -0.2) is 17.6 Å². The van der Waals surface area contributed by atoms with Crippen molar-refractivity contribution in [3.05, 3.63) is 34.9 Å². The van der Waals surface area contributed by atoms with Gasteiger partial charge in [0.05, 0.1) is 0 Å². The Labute approximate surface area is 146 Å². The number of hydrogen-bond donors (Lipinski definition) is 1. The maximum Gasteiger partial charge on any atom is 0.349 e. The summed E-state index contributed by atoms with van der Waals surface area (Å²) in [5.74, 6) is -0.176. The van der Waals surface area contributed by atoms with Crippen molar-refractivity contribution in [1.82, 2.24) is 0 Å². The van der Waals surface area contributed by atoms with Crippen molar-refractivity contribution in [1.29, 1.82) is 0 Å². The number of hydrogen-bond acceptors (Lipinski definition) is 4. The molecule has 2 bridgehead atoms. The molecule has 0 radical (unpaired) electrons. The predicted molar refractivity (Wildman–Crippen MR) is 91.4 cm³/mol. The minimum Gasteiger partial charge on any atom is -0.384 e. The lowest BCUT2D eigenvalue weighted by atomic mass is 9.69. The maximum absolute atomic E-state index is 12.6. The van der Waals surface area contributed by atoms with Crippen molar-refractivity contribution in [3.63, 3.8) is 0 Å². The van der Waals surface area contributed by atoms with Crippen LogP contribution in [0, 0.1) is 16.7 Å². The van der Waals surface area contributed by atoms with Gasteiger partial charge in [-0.15, -0.1) is 0 Å². The van der Waals surface area contributed by atoms with Gasteiger partial charge in [-0.3, -0.25) is 4.79 Å². The van der Waals surface area contributed by atoms with E-state index in [9.17, 15) is 9.59 Å². The Morgan fingerprint density at radius 3 is 2.58 bits per heavy atom. The number of benzene rings is 1. The third kappa shape index (κ3) is 2.51. The van der Waals surface area contributed by atoms with Crippen molar-refractivity contribution < 1.29 is 14.4 Å². The largest absolute Gasteiger partial charge is 0.384 e. The summed E-state index contributed by atoms with van der Waals surface area (Å²) in [6.45, 7) is 3.94. The fourth-order valence-corrected chi connectivity index (χ4v) is 4.30. The van der Waals surface area contributed by atoms with Crippen LogP contribution >= 0.6 is 11.6 Å². The van der Waals surface area contributed by atoms with Crippen LogP contribution in [0.25, 0.3) is 0 Å². The average molecular weight is 349 g/mol. The molecule has 2 saturated carbocycles. The van der Waals surface area contributed by atoms with E-state index in [4.69, 9.17) is 22.2 Å². The molecule has 0 unspecified atom stereocenters. The number of Topliss-reactive ketones (excluding diaryl/α,β-unsaturated/α-hetero) is 1. The Kier molecular flexibility index (Phi) is 4.16. The molecule has 128 valence electrons. The van der Waals surface area contributed by atoms with Crippen molar-refractivity contribution >= 4 is 29.2 Å². The number of carbonyl (C=O) groups excluding carboxylic acids is 2. The van der Waals surface area contributed by atoms with Crippen molar-refractivity contribution in [2.24, 2.45) is 27.6 Å². The van der Waals surface area contributed by atoms with Gasteiger partial charge in [0.1, 0.15) is 11.3 Å². The summed E-state index contributed by atoms with van der Waals surface area (Å²) in [5, 5.41) is 4.39. The molecule has 0 heterocycles. The molecule has 5 nitrogen and oxygen atoms in total. The normalized spacial score (nSPS) is 28.2. The number of ketones is 1. The molecule has 0 aliphatic heterocycles. The predicted octanol–water partition coefficient (Wildman–Crippen LogP) is 3.09. The first kappa shape index (κ1) is 17.0. The number of fused-ring (bicyclic) bond motifs is 2. The van der Waals surface area contributed by atoms with Gasteiger partial charge < -0.3 is 10.6 Å². The fraction of sp³-hybridized carbons (Fsp3) is 0.500. The smallest absolute Gasteiger partial charge is 0.349 e. The molecule has 2 aliphatic rings. The summed E-state index contributed by atoms with van der Waals surface area (Å²) in [5.41, 5.74) is 5.30. The summed E-state index contributed by atoms with van der Waals surface area (Å²) in [7, 11) is 0. The summed E-state index contributed by atoms with van der Waals surface area (Å²) in [6, 6.07) is 7.17. The number of nitrogens with zero attached hydrogens (tertiary/aromatic N) is 1. The van der Waals surface area contributed by atoms with E-state index >= 15 is 0 Å². The van der Waals surface area contributed by atoms with Gasteiger partial charge in [0.15, 0.2) is 5.78 Å². The molecule has 0 aromatic heterocycles. The zero-order chi connectivity index (χ0) is 17.5. The molecule has 0 saturated heterocycles. The Morgan fingerprint density at radius 1 is 1.38 bits per heavy atom. The zero-order valence-electron chi connectivity index (χ0n) is 13.8. The van der Waals surface area contributed by atoms with Gasteiger partial charge in [-0.1, -0.05) is 42.7 Å². The van der Waals surface area contributed by atoms with E-state index in [0.29, 0.717) is 24.3 Å². The maximum atomic E-state index is 12.6. The Morgan fingerprint density at radius 2 is 2.04 bits per heavy atom. The quantitative estimate of drug-likeness (QED) is 0.298. The minimum atomic E-state index is -1.07. The molecule has 2 N–H and O–H groups in total. The van der Waals surface area contributed by atoms with Gasteiger partial charge in [0.2, 0.25) is 0 Å². The second kappa shape index (κ2) is 5.88. The topological polar surface area (TPSA) is 81.8 Å². The van der Waals surface area contributed by atoms with E-state index in [1.54, 1.807) is 12.1 Å². The highest BCUT2D eigenvalue weighted by Crippen LogP contribution is 2.64. The highest BCUT2D eigenvalue weighted by Gasteiger charge is 2.69. The van der Waals surface area contributed by atoms with Crippen LogP contribution < -0.4 is 5.73 Å². The van der Waals surface area contributed by atoms with Crippen LogP contribution in [0.4, 0.5) is 0 Å². The molecule has 6 heteroatoms. The number of carbonyl (C=O) groups is 2. The first-order chi connectivity index (χ1) is 11.3. The van der Waals surface area contributed by atoms with Gasteiger partial charge in [-0.05, 0) is 41.9 Å². The molecule has 24 heavy (non-hydrogen) atoms. The monoisotopic (exact) mass is 348 g/mol. The van der Waals surface area contributed by atoms with Crippen LogP contribution in [0.15, 0.2) is 29.4 Å². The highest BCUT2D eigenvalue weighted by atomic mass is 35.5. The lowest BCUT2D eigenvalue weighted by molar-refractivity contribution is -0.164. The molecular formula is C18H21ClN2O3. The summed E-state index contributed by atoms with van der Waals surface area (Å²) in [4.78, 5) is 30.1. The lowest BCUT2D eigenvalue weighted by Crippen LogP contribution is -2.44. The SMILES string of the molecule is CC1(C)[C@@H]2CC[C@@]1(C(=O)O/N=C(\N)Cc1ccc(Cl)cc1)C(=O)C2. The van der Waals surface area contributed by atoms with Crippen molar-refractivity contribution in [2.45, 2.75) is 39.5 Å². The Bertz CT molecular complexity index is 711. The van der Waals surface area contributed by atoms with Gasteiger partial charge in [-0.2, -0.15) is 0 Å². The second-order valence-corrected chi connectivity index (χ2v) is 7.69. The number of amidine groups is 1. The van der Waals surface area contributed by atoms with Crippen molar-refractivity contribution in [2.75, 3.05) is 0 Å². The number of halogens is 1. The molecule has 1 aromatic rings. The van der Waals surface area contributed by atoms with E-state index in [1.165, 1.54) is 0 Å². The minimum absolute atomic E-state index is 0.0276. The fourth-order valence-electron chi connectivity index (χ4n) is 4.18. The first-order valence-electron chi connectivity index (χ1n) is 8.09. The molecule has 2 atom stereocenters. The Balaban J connectivity index is 1.70. The lowest BCUT2D eigenvalue weighted by Gasteiger charge is -2.32. The standard InChI is InChI=1S/C18H21ClN2O3/c1-17(2)12-7-8-18(17,14(22)10-12)16(23)24-21-15(20)9-11-3-5-13(19)6-4-11/h3-6,12H,7-10H2,1-2H3,(H2,20,21)/t12-,18+/m1/s1. The number of oxime groups is 1.